The Morgan fingerprint density at radius 1 is 1.33 bits per heavy atom. The van der Waals surface area contributed by atoms with Crippen LogP contribution in [0.15, 0.2) is 41.6 Å². The molecule has 2 N–H and O–H groups in total. The van der Waals surface area contributed by atoms with E-state index in [0.717, 1.165) is 17.7 Å². The number of hydrogen-bond donors (Lipinski definition) is 2. The highest BCUT2D eigenvalue weighted by Gasteiger charge is 2.19. The van der Waals surface area contributed by atoms with Crippen molar-refractivity contribution >= 4 is 10.0 Å². The summed E-state index contributed by atoms with van der Waals surface area (Å²) >= 11 is 0. The first-order valence-corrected chi connectivity index (χ1v) is 7.71. The summed E-state index contributed by atoms with van der Waals surface area (Å²) < 4.78 is 40.3. The number of aryl methyl sites for hydroxylation is 1. The molecule has 21 heavy (non-hydrogen) atoms. The molecular formula is C14H15FN2O3S. The molecule has 1 aromatic heterocycles. The highest BCUT2D eigenvalue weighted by molar-refractivity contribution is 7.89. The van der Waals surface area contributed by atoms with Gasteiger partial charge in [0.15, 0.2) is 0 Å². The molecule has 5 nitrogen and oxygen atoms in total. The van der Waals surface area contributed by atoms with E-state index in [2.05, 4.69) is 9.71 Å². The zero-order valence-electron chi connectivity index (χ0n) is 11.4. The third-order valence-electron chi connectivity index (χ3n) is 3.07. The number of benzene rings is 1. The van der Waals surface area contributed by atoms with Crippen LogP contribution in [0.25, 0.3) is 0 Å². The molecule has 112 valence electrons. The maximum Gasteiger partial charge on any atom is 0.243 e. The second kappa shape index (κ2) is 6.30. The molecular weight excluding hydrogens is 295 g/mol. The molecule has 0 amide bonds. The number of pyridine rings is 1. The molecule has 0 saturated carbocycles. The van der Waals surface area contributed by atoms with Crippen LogP contribution in [0.4, 0.5) is 4.39 Å². The molecule has 0 unspecified atom stereocenters. The van der Waals surface area contributed by atoms with Crippen molar-refractivity contribution in [1.82, 2.24) is 9.71 Å². The topological polar surface area (TPSA) is 79.3 Å². The van der Waals surface area contributed by atoms with E-state index in [1.165, 1.54) is 6.07 Å². The number of sulfonamides is 1. The smallest absolute Gasteiger partial charge is 0.243 e. The van der Waals surface area contributed by atoms with Gasteiger partial charge in [0.05, 0.1) is 6.61 Å². The Morgan fingerprint density at radius 3 is 2.76 bits per heavy atom. The lowest BCUT2D eigenvalue weighted by molar-refractivity contribution is 0.281. The van der Waals surface area contributed by atoms with E-state index in [1.54, 1.807) is 18.5 Å². The van der Waals surface area contributed by atoms with Crippen LogP contribution in [-0.4, -0.2) is 18.5 Å². The van der Waals surface area contributed by atoms with Gasteiger partial charge >= 0.3 is 0 Å². The summed E-state index contributed by atoms with van der Waals surface area (Å²) in [7, 11) is -4.00. The van der Waals surface area contributed by atoms with E-state index in [0.29, 0.717) is 11.1 Å². The SMILES string of the molecule is Cc1ccncc1CNS(=O)(=O)c1cc(CO)ccc1F. The van der Waals surface area contributed by atoms with Crippen molar-refractivity contribution in [1.29, 1.82) is 0 Å². The first kappa shape index (κ1) is 15.6. The second-order valence-corrected chi connectivity index (χ2v) is 6.28. The fraction of sp³-hybridized carbons (Fsp3) is 0.214. The number of rotatable bonds is 5. The molecule has 0 bridgehead atoms. The lowest BCUT2D eigenvalue weighted by Crippen LogP contribution is -2.24. The van der Waals surface area contributed by atoms with Crippen LogP contribution in [0, 0.1) is 12.7 Å². The summed E-state index contributed by atoms with van der Waals surface area (Å²) in [5.74, 6) is -0.859. The van der Waals surface area contributed by atoms with Crippen LogP contribution in [0.1, 0.15) is 16.7 Å². The van der Waals surface area contributed by atoms with Crippen molar-refractivity contribution in [2.24, 2.45) is 0 Å². The van der Waals surface area contributed by atoms with Gasteiger partial charge in [-0.05, 0) is 41.8 Å². The van der Waals surface area contributed by atoms with Gasteiger partial charge in [-0.25, -0.2) is 17.5 Å². The maximum absolute atomic E-state index is 13.7. The number of nitrogens with one attached hydrogen (secondary N) is 1. The number of halogens is 1. The Labute approximate surface area is 122 Å². The van der Waals surface area contributed by atoms with E-state index in [4.69, 9.17) is 5.11 Å². The zero-order valence-corrected chi connectivity index (χ0v) is 12.2. The van der Waals surface area contributed by atoms with Crippen LogP contribution in [0.2, 0.25) is 0 Å². The van der Waals surface area contributed by atoms with Crippen LogP contribution in [0.5, 0.6) is 0 Å². The van der Waals surface area contributed by atoms with Crippen LogP contribution in [-0.2, 0) is 23.2 Å². The zero-order chi connectivity index (χ0) is 15.5. The normalized spacial score (nSPS) is 11.6. The van der Waals surface area contributed by atoms with Gasteiger partial charge in [0.25, 0.3) is 0 Å². The van der Waals surface area contributed by atoms with Crippen molar-refractivity contribution in [2.45, 2.75) is 25.0 Å². The van der Waals surface area contributed by atoms with Crippen LogP contribution >= 0.6 is 0 Å². The lowest BCUT2D eigenvalue weighted by atomic mass is 10.2. The van der Waals surface area contributed by atoms with Crippen molar-refractivity contribution in [3.05, 3.63) is 59.2 Å². The molecule has 0 aliphatic carbocycles. The molecule has 0 fully saturated rings. The Hall–Kier alpha value is -1.83. The number of nitrogens with zero attached hydrogens (tertiary/aromatic N) is 1. The minimum Gasteiger partial charge on any atom is -0.392 e. The molecule has 0 spiro atoms. The summed E-state index contributed by atoms with van der Waals surface area (Å²) in [4.78, 5) is 3.45. The molecule has 2 aromatic rings. The minimum absolute atomic E-state index is 0.0187. The second-order valence-electron chi connectivity index (χ2n) is 4.55. The molecule has 1 aromatic carbocycles. The van der Waals surface area contributed by atoms with Crippen LogP contribution in [0.3, 0.4) is 0 Å². The monoisotopic (exact) mass is 310 g/mol. The third kappa shape index (κ3) is 3.63. The van der Waals surface area contributed by atoms with Gasteiger partial charge in [-0.2, -0.15) is 0 Å². The van der Waals surface area contributed by atoms with E-state index in [1.807, 2.05) is 6.92 Å². The molecule has 2 rings (SSSR count). The Morgan fingerprint density at radius 2 is 2.10 bits per heavy atom. The van der Waals surface area contributed by atoms with Crippen LogP contribution < -0.4 is 4.72 Å². The Kier molecular flexibility index (Phi) is 4.66. The predicted molar refractivity (Wildman–Crippen MR) is 75.3 cm³/mol. The van der Waals surface area contributed by atoms with E-state index in [9.17, 15) is 12.8 Å². The predicted octanol–water partition coefficient (Wildman–Crippen LogP) is 1.50. The first-order valence-electron chi connectivity index (χ1n) is 6.22. The minimum atomic E-state index is -4.00. The lowest BCUT2D eigenvalue weighted by Gasteiger charge is -2.10. The summed E-state index contributed by atoms with van der Waals surface area (Å²) in [6.45, 7) is 1.49. The van der Waals surface area contributed by atoms with Gasteiger partial charge in [0, 0.05) is 18.9 Å². The Balaban J connectivity index is 2.25. The van der Waals surface area contributed by atoms with E-state index in [-0.39, 0.29) is 13.2 Å². The standard InChI is InChI=1S/C14H15FN2O3S/c1-10-4-5-16-7-12(10)8-17-21(19,20)14-6-11(9-18)2-3-13(14)15/h2-7,17-18H,8-9H2,1H3. The third-order valence-corrected chi connectivity index (χ3v) is 4.48. The average molecular weight is 310 g/mol. The summed E-state index contributed by atoms with van der Waals surface area (Å²) in [6, 6.07) is 5.24. The Bertz CT molecular complexity index is 748. The summed E-state index contributed by atoms with van der Waals surface area (Å²) in [6.07, 6.45) is 3.16. The quantitative estimate of drug-likeness (QED) is 0.877. The summed E-state index contributed by atoms with van der Waals surface area (Å²) in [5, 5.41) is 9.02. The number of aliphatic hydroxyl groups excluding tert-OH is 1. The first-order chi connectivity index (χ1) is 9.94. The van der Waals surface area contributed by atoms with E-state index >= 15 is 0 Å². The number of aromatic nitrogens is 1. The van der Waals surface area contributed by atoms with Gasteiger partial charge in [0.1, 0.15) is 10.7 Å². The molecule has 0 aliphatic heterocycles. The fourth-order valence-corrected chi connectivity index (χ4v) is 2.92. The largest absolute Gasteiger partial charge is 0.392 e. The molecule has 0 radical (unpaired) electrons. The molecule has 0 aliphatic rings. The van der Waals surface area contributed by atoms with E-state index < -0.39 is 20.7 Å². The van der Waals surface area contributed by atoms with Crippen molar-refractivity contribution in [3.8, 4) is 0 Å². The number of hydrogen-bond acceptors (Lipinski definition) is 4. The highest BCUT2D eigenvalue weighted by atomic mass is 32.2. The summed E-state index contributed by atoms with van der Waals surface area (Å²) in [5.41, 5.74) is 1.92. The molecule has 7 heteroatoms. The maximum atomic E-state index is 13.7. The van der Waals surface area contributed by atoms with Gasteiger partial charge < -0.3 is 5.11 Å². The van der Waals surface area contributed by atoms with Gasteiger partial charge in [-0.1, -0.05) is 6.07 Å². The van der Waals surface area contributed by atoms with Gasteiger partial charge in [-0.3, -0.25) is 4.98 Å². The van der Waals surface area contributed by atoms with Crippen molar-refractivity contribution in [2.75, 3.05) is 0 Å². The highest BCUT2D eigenvalue weighted by Crippen LogP contribution is 2.17. The van der Waals surface area contributed by atoms with Crippen molar-refractivity contribution < 1.29 is 17.9 Å². The van der Waals surface area contributed by atoms with Gasteiger partial charge in [-0.15, -0.1) is 0 Å². The molecule has 0 saturated heterocycles. The fourth-order valence-electron chi connectivity index (χ4n) is 1.78. The molecule has 0 atom stereocenters. The van der Waals surface area contributed by atoms with Crippen molar-refractivity contribution in [3.63, 3.8) is 0 Å². The number of aliphatic hydroxyl groups is 1. The average Bonchev–Trinajstić information content (AvgIpc) is 2.47. The molecule has 1 heterocycles. The van der Waals surface area contributed by atoms with Gasteiger partial charge in [0.2, 0.25) is 10.0 Å².